The van der Waals surface area contributed by atoms with E-state index in [1.54, 1.807) is 41.4 Å². The van der Waals surface area contributed by atoms with Crippen LogP contribution in [0.3, 0.4) is 0 Å². The average molecular weight is 434 g/mol. The maximum atomic E-state index is 12.4. The second-order valence-electron chi connectivity index (χ2n) is 6.70. The molecule has 0 atom stereocenters. The van der Waals surface area contributed by atoms with Crippen LogP contribution in [0, 0.1) is 11.3 Å². The van der Waals surface area contributed by atoms with Crippen LogP contribution in [0.5, 0.6) is 0 Å². The van der Waals surface area contributed by atoms with Gasteiger partial charge in [-0.3, -0.25) is 9.78 Å². The molecule has 1 N–H and O–H groups in total. The van der Waals surface area contributed by atoms with Crippen molar-refractivity contribution in [1.82, 2.24) is 9.88 Å². The summed E-state index contributed by atoms with van der Waals surface area (Å²) in [7, 11) is 0. The van der Waals surface area contributed by atoms with Gasteiger partial charge in [0.25, 0.3) is 0 Å². The molecule has 0 bridgehead atoms. The standard InChI is InChI=1S/C22H18N4O4S/c23-12-18-17-8-10-26(22(28)30-14-15-4-1-2-9-24-15)13-19(17)31-21(18)25-20(27)7-6-16-5-3-11-29-16/h1-7,9,11H,8,10,13-14H2,(H,25,27). The number of pyridine rings is 1. The van der Waals surface area contributed by atoms with Crippen molar-refractivity contribution < 1.29 is 18.7 Å². The van der Waals surface area contributed by atoms with Crippen LogP contribution in [0.25, 0.3) is 6.08 Å². The number of nitrogens with zero attached hydrogens (tertiary/aromatic N) is 3. The van der Waals surface area contributed by atoms with Gasteiger partial charge in [-0.1, -0.05) is 6.07 Å². The van der Waals surface area contributed by atoms with E-state index in [2.05, 4.69) is 16.4 Å². The van der Waals surface area contributed by atoms with Crippen molar-refractivity contribution in [1.29, 1.82) is 5.26 Å². The topological polar surface area (TPSA) is 108 Å². The van der Waals surface area contributed by atoms with E-state index in [4.69, 9.17) is 9.15 Å². The molecule has 0 fully saturated rings. The monoisotopic (exact) mass is 434 g/mol. The number of nitrogens with one attached hydrogen (secondary N) is 1. The number of aromatic nitrogens is 1. The van der Waals surface area contributed by atoms with E-state index in [1.165, 1.54) is 23.7 Å². The van der Waals surface area contributed by atoms with Gasteiger partial charge in [-0.25, -0.2) is 4.79 Å². The molecule has 3 aromatic heterocycles. The number of furan rings is 1. The smallest absolute Gasteiger partial charge is 0.410 e. The predicted octanol–water partition coefficient (Wildman–Crippen LogP) is 3.95. The van der Waals surface area contributed by atoms with Crippen LogP contribution in [0.2, 0.25) is 0 Å². The van der Waals surface area contributed by atoms with Crippen molar-refractivity contribution in [3.63, 3.8) is 0 Å². The zero-order valence-electron chi connectivity index (χ0n) is 16.4. The van der Waals surface area contributed by atoms with Crippen LogP contribution in [-0.2, 0) is 29.1 Å². The molecule has 4 heterocycles. The Bertz CT molecular complexity index is 1150. The number of ether oxygens (including phenoxy) is 1. The SMILES string of the molecule is N#Cc1c(NC(=O)C=Cc2ccco2)sc2c1CCN(C(=O)OCc1ccccn1)C2. The molecule has 3 aromatic rings. The summed E-state index contributed by atoms with van der Waals surface area (Å²) in [6.07, 6.45) is 6.14. The van der Waals surface area contributed by atoms with E-state index in [0.29, 0.717) is 41.5 Å². The van der Waals surface area contributed by atoms with Gasteiger partial charge in [-0.05, 0) is 42.3 Å². The fourth-order valence-corrected chi connectivity index (χ4v) is 4.39. The van der Waals surface area contributed by atoms with Crippen LogP contribution >= 0.6 is 11.3 Å². The molecule has 9 heteroatoms. The molecule has 1 aliphatic rings. The van der Waals surface area contributed by atoms with Gasteiger partial charge in [0.15, 0.2) is 0 Å². The summed E-state index contributed by atoms with van der Waals surface area (Å²) >= 11 is 1.30. The first-order valence-electron chi connectivity index (χ1n) is 9.53. The number of fused-ring (bicyclic) bond motifs is 1. The maximum absolute atomic E-state index is 12.4. The summed E-state index contributed by atoms with van der Waals surface area (Å²) in [6, 6.07) is 11.1. The first kappa shape index (κ1) is 20.4. The Hall–Kier alpha value is -3.90. The van der Waals surface area contributed by atoms with Gasteiger partial charge in [0, 0.05) is 23.7 Å². The van der Waals surface area contributed by atoms with E-state index in [1.807, 2.05) is 6.07 Å². The number of hydrogen-bond donors (Lipinski definition) is 1. The van der Waals surface area contributed by atoms with Gasteiger partial charge >= 0.3 is 6.09 Å². The highest BCUT2D eigenvalue weighted by Gasteiger charge is 2.28. The molecule has 0 aliphatic carbocycles. The zero-order chi connectivity index (χ0) is 21.6. The molecule has 8 nitrogen and oxygen atoms in total. The number of amides is 2. The van der Waals surface area contributed by atoms with Gasteiger partial charge in [-0.15, -0.1) is 11.3 Å². The third-order valence-electron chi connectivity index (χ3n) is 4.68. The highest BCUT2D eigenvalue weighted by atomic mass is 32.1. The normalized spacial score (nSPS) is 12.9. The molecule has 156 valence electrons. The van der Waals surface area contributed by atoms with E-state index >= 15 is 0 Å². The minimum Gasteiger partial charge on any atom is -0.465 e. The second-order valence-corrected chi connectivity index (χ2v) is 7.81. The van der Waals surface area contributed by atoms with Crippen LogP contribution < -0.4 is 5.32 Å². The van der Waals surface area contributed by atoms with Crippen molar-refractivity contribution in [2.75, 3.05) is 11.9 Å². The molecule has 0 saturated carbocycles. The second kappa shape index (κ2) is 9.28. The van der Waals surface area contributed by atoms with Crippen LogP contribution in [0.15, 0.2) is 53.3 Å². The molecular weight excluding hydrogens is 416 g/mol. The summed E-state index contributed by atoms with van der Waals surface area (Å²) < 4.78 is 10.5. The molecule has 31 heavy (non-hydrogen) atoms. The maximum Gasteiger partial charge on any atom is 0.410 e. The van der Waals surface area contributed by atoms with E-state index in [9.17, 15) is 14.9 Å². The van der Waals surface area contributed by atoms with E-state index in [-0.39, 0.29) is 12.5 Å². The lowest BCUT2D eigenvalue weighted by Gasteiger charge is -2.26. The molecule has 2 amide bonds. The fourth-order valence-electron chi connectivity index (χ4n) is 3.17. The zero-order valence-corrected chi connectivity index (χ0v) is 17.2. The van der Waals surface area contributed by atoms with Crippen molar-refractivity contribution >= 4 is 34.4 Å². The van der Waals surface area contributed by atoms with Crippen molar-refractivity contribution in [3.05, 3.63) is 76.3 Å². The van der Waals surface area contributed by atoms with Crippen molar-refractivity contribution in [2.24, 2.45) is 0 Å². The lowest BCUT2D eigenvalue weighted by atomic mass is 10.0. The Morgan fingerprint density at radius 2 is 2.26 bits per heavy atom. The van der Waals surface area contributed by atoms with Gasteiger partial charge in [0.2, 0.25) is 5.91 Å². The number of thiophene rings is 1. The van der Waals surface area contributed by atoms with E-state index < -0.39 is 6.09 Å². The Morgan fingerprint density at radius 1 is 1.35 bits per heavy atom. The number of carbonyl (C=O) groups excluding carboxylic acids is 2. The highest BCUT2D eigenvalue weighted by Crippen LogP contribution is 2.36. The fraction of sp³-hybridized carbons (Fsp3) is 0.182. The highest BCUT2D eigenvalue weighted by molar-refractivity contribution is 7.16. The molecule has 1 aliphatic heterocycles. The number of hydrogen-bond acceptors (Lipinski definition) is 7. The van der Waals surface area contributed by atoms with Gasteiger partial charge in [0.05, 0.1) is 24.1 Å². The van der Waals surface area contributed by atoms with Crippen molar-refractivity contribution in [2.45, 2.75) is 19.6 Å². The van der Waals surface area contributed by atoms with Crippen LogP contribution in [0.1, 0.15) is 27.5 Å². The summed E-state index contributed by atoms with van der Waals surface area (Å²) in [5.74, 6) is 0.194. The van der Waals surface area contributed by atoms with Gasteiger partial charge in [-0.2, -0.15) is 5.26 Å². The third-order valence-corrected chi connectivity index (χ3v) is 5.81. The van der Waals surface area contributed by atoms with E-state index in [0.717, 1.165) is 10.4 Å². The molecule has 0 radical (unpaired) electrons. The largest absolute Gasteiger partial charge is 0.465 e. The number of nitriles is 1. The van der Waals surface area contributed by atoms with Gasteiger partial charge < -0.3 is 19.4 Å². The number of carbonyl (C=O) groups is 2. The molecule has 0 unspecified atom stereocenters. The summed E-state index contributed by atoms with van der Waals surface area (Å²) in [6.45, 7) is 0.860. The summed E-state index contributed by atoms with van der Waals surface area (Å²) in [5.41, 5.74) is 1.98. The Morgan fingerprint density at radius 3 is 3.00 bits per heavy atom. The lowest BCUT2D eigenvalue weighted by Crippen LogP contribution is -2.35. The number of rotatable bonds is 5. The number of anilines is 1. The third kappa shape index (κ3) is 4.82. The Labute approximate surface area is 182 Å². The first-order valence-corrected chi connectivity index (χ1v) is 10.3. The minimum atomic E-state index is -0.435. The quantitative estimate of drug-likeness (QED) is 0.609. The lowest BCUT2D eigenvalue weighted by molar-refractivity contribution is -0.111. The first-order chi connectivity index (χ1) is 15.1. The Balaban J connectivity index is 1.41. The summed E-state index contributed by atoms with van der Waals surface area (Å²) in [5, 5.41) is 12.8. The van der Waals surface area contributed by atoms with Crippen LogP contribution in [-0.4, -0.2) is 28.4 Å². The predicted molar refractivity (Wildman–Crippen MR) is 114 cm³/mol. The summed E-state index contributed by atoms with van der Waals surface area (Å²) in [4.78, 5) is 31.3. The molecule has 0 spiro atoms. The van der Waals surface area contributed by atoms with Crippen molar-refractivity contribution in [3.8, 4) is 6.07 Å². The Kier molecular flexibility index (Phi) is 6.10. The molecular formula is C22H18N4O4S. The van der Waals surface area contributed by atoms with Gasteiger partial charge in [0.1, 0.15) is 23.4 Å². The average Bonchev–Trinajstić information content (AvgIpc) is 3.43. The molecule has 0 saturated heterocycles. The molecule has 0 aromatic carbocycles. The molecule has 4 rings (SSSR count). The minimum absolute atomic E-state index is 0.0974. The van der Waals surface area contributed by atoms with Crippen LogP contribution in [0.4, 0.5) is 9.80 Å².